The molecule has 1 N–H and O–H groups in total. The number of carbonyl (C=O) groups excluding carboxylic acids is 3. The number of nitrogens with one attached hydrogen (secondary N) is 1. The van der Waals surface area contributed by atoms with E-state index in [0.29, 0.717) is 31.2 Å². The number of morpholine rings is 1. The first-order valence-electron chi connectivity index (χ1n) is 7.69. The summed E-state index contributed by atoms with van der Waals surface area (Å²) >= 11 is 0. The van der Waals surface area contributed by atoms with E-state index in [1.165, 1.54) is 6.92 Å². The quantitative estimate of drug-likeness (QED) is 0.758. The summed E-state index contributed by atoms with van der Waals surface area (Å²) in [6, 6.07) is -0.803. The zero-order valence-corrected chi connectivity index (χ0v) is 13.3. The Morgan fingerprint density at radius 1 is 1.33 bits per heavy atom. The summed E-state index contributed by atoms with van der Waals surface area (Å²) in [7, 11) is 0. The molecule has 7 nitrogen and oxygen atoms in total. The number of hydrogen-bond acceptors (Lipinski definition) is 4. The van der Waals surface area contributed by atoms with Gasteiger partial charge in [0.25, 0.3) is 0 Å². The molecule has 3 amide bonds. The topological polar surface area (TPSA) is 79.0 Å². The van der Waals surface area contributed by atoms with E-state index in [9.17, 15) is 27.6 Å². The summed E-state index contributed by atoms with van der Waals surface area (Å²) in [4.78, 5) is 38.1. The molecule has 2 atom stereocenters. The lowest BCUT2D eigenvalue weighted by atomic mass is 10.1. The summed E-state index contributed by atoms with van der Waals surface area (Å²) < 4.78 is 42.3. The first-order chi connectivity index (χ1) is 11.2. The van der Waals surface area contributed by atoms with E-state index in [1.807, 2.05) is 0 Å². The zero-order valence-electron chi connectivity index (χ0n) is 13.3. The monoisotopic (exact) mass is 351 g/mol. The highest BCUT2D eigenvalue weighted by Crippen LogP contribution is 2.24. The summed E-state index contributed by atoms with van der Waals surface area (Å²) in [5.74, 6) is -2.44. The van der Waals surface area contributed by atoms with Crippen LogP contribution in [-0.4, -0.2) is 79.1 Å². The molecule has 0 aromatic rings. The lowest BCUT2D eigenvalue weighted by molar-refractivity contribution is -0.157. The van der Waals surface area contributed by atoms with Crippen molar-refractivity contribution in [1.29, 1.82) is 0 Å². The standard InChI is InChI=1S/C14H20F3N3O4/c1-9(13(23)19-2-4-24-5-3-19)18-12(22)10-6-11(21)20(7-10)8-14(15,16)17/h9-10H,2-8H2,1H3,(H,18,22). The van der Waals surface area contributed by atoms with Crippen molar-refractivity contribution in [3.05, 3.63) is 0 Å². The normalized spacial score (nSPS) is 23.3. The van der Waals surface area contributed by atoms with E-state index < -0.39 is 36.5 Å². The minimum Gasteiger partial charge on any atom is -0.378 e. The van der Waals surface area contributed by atoms with Gasteiger partial charge in [-0.2, -0.15) is 13.2 Å². The van der Waals surface area contributed by atoms with Gasteiger partial charge in [-0.25, -0.2) is 0 Å². The summed E-state index contributed by atoms with van der Waals surface area (Å²) in [6.45, 7) is 1.58. The zero-order chi connectivity index (χ0) is 17.9. The van der Waals surface area contributed by atoms with Crippen LogP contribution in [0.3, 0.4) is 0 Å². The maximum Gasteiger partial charge on any atom is 0.406 e. The van der Waals surface area contributed by atoms with Gasteiger partial charge in [0.1, 0.15) is 12.6 Å². The van der Waals surface area contributed by atoms with Gasteiger partial charge >= 0.3 is 6.18 Å². The third-order valence-electron chi connectivity index (χ3n) is 4.01. The molecule has 2 rings (SSSR count). The van der Waals surface area contributed by atoms with Gasteiger partial charge in [-0.15, -0.1) is 0 Å². The number of alkyl halides is 3. The molecule has 2 heterocycles. The fourth-order valence-electron chi connectivity index (χ4n) is 2.77. The molecule has 10 heteroatoms. The van der Waals surface area contributed by atoms with Crippen molar-refractivity contribution >= 4 is 17.7 Å². The Kier molecular flexibility index (Phi) is 5.68. The number of nitrogens with zero attached hydrogens (tertiary/aromatic N) is 2. The number of amides is 3. The van der Waals surface area contributed by atoms with Crippen LogP contribution in [0, 0.1) is 5.92 Å². The number of rotatable bonds is 4. The van der Waals surface area contributed by atoms with Crippen LogP contribution in [0.15, 0.2) is 0 Å². The molecule has 0 bridgehead atoms. The average molecular weight is 351 g/mol. The molecule has 136 valence electrons. The Morgan fingerprint density at radius 3 is 2.54 bits per heavy atom. The van der Waals surface area contributed by atoms with E-state index >= 15 is 0 Å². The maximum atomic E-state index is 12.4. The number of ether oxygens (including phenoxy) is 1. The molecule has 2 aliphatic heterocycles. The Balaban J connectivity index is 1.85. The molecule has 2 saturated heterocycles. The smallest absolute Gasteiger partial charge is 0.378 e. The minimum atomic E-state index is -4.50. The fourth-order valence-corrected chi connectivity index (χ4v) is 2.77. The van der Waals surface area contributed by atoms with Gasteiger partial charge in [0.15, 0.2) is 0 Å². The average Bonchev–Trinajstić information content (AvgIpc) is 2.86. The highest BCUT2D eigenvalue weighted by atomic mass is 19.4. The van der Waals surface area contributed by atoms with Crippen molar-refractivity contribution in [1.82, 2.24) is 15.1 Å². The van der Waals surface area contributed by atoms with Gasteiger partial charge in [0.05, 0.1) is 19.1 Å². The third-order valence-corrected chi connectivity index (χ3v) is 4.01. The number of carbonyl (C=O) groups is 3. The van der Waals surface area contributed by atoms with Crippen LogP contribution in [0.1, 0.15) is 13.3 Å². The van der Waals surface area contributed by atoms with E-state index in [-0.39, 0.29) is 18.9 Å². The molecular formula is C14H20F3N3O4. The largest absolute Gasteiger partial charge is 0.406 e. The molecule has 2 fully saturated rings. The van der Waals surface area contributed by atoms with Crippen LogP contribution in [-0.2, 0) is 19.1 Å². The molecule has 0 spiro atoms. The van der Waals surface area contributed by atoms with E-state index in [1.54, 1.807) is 4.90 Å². The van der Waals surface area contributed by atoms with Crippen LogP contribution >= 0.6 is 0 Å². The molecule has 2 unspecified atom stereocenters. The molecule has 0 aromatic heterocycles. The number of hydrogen-bond donors (Lipinski definition) is 1. The molecular weight excluding hydrogens is 331 g/mol. The molecule has 2 aliphatic rings. The summed E-state index contributed by atoms with van der Waals surface area (Å²) in [6.07, 6.45) is -4.78. The number of likely N-dealkylation sites (tertiary alicyclic amines) is 1. The summed E-state index contributed by atoms with van der Waals surface area (Å²) in [5, 5.41) is 2.49. The van der Waals surface area contributed by atoms with Crippen LogP contribution in [0.4, 0.5) is 13.2 Å². The van der Waals surface area contributed by atoms with E-state index in [4.69, 9.17) is 4.74 Å². The fraction of sp³-hybridized carbons (Fsp3) is 0.786. The van der Waals surface area contributed by atoms with Crippen LogP contribution in [0.5, 0.6) is 0 Å². The second kappa shape index (κ2) is 7.37. The van der Waals surface area contributed by atoms with E-state index in [0.717, 1.165) is 0 Å². The van der Waals surface area contributed by atoms with Crippen molar-refractivity contribution in [2.45, 2.75) is 25.6 Å². The molecule has 0 aliphatic carbocycles. The van der Waals surface area contributed by atoms with Gasteiger partial charge in [0, 0.05) is 26.1 Å². The summed E-state index contributed by atoms with van der Waals surface area (Å²) in [5.41, 5.74) is 0. The Morgan fingerprint density at radius 2 is 1.96 bits per heavy atom. The van der Waals surface area contributed by atoms with Crippen molar-refractivity contribution in [2.24, 2.45) is 5.92 Å². The van der Waals surface area contributed by atoms with Crippen LogP contribution in [0.25, 0.3) is 0 Å². The van der Waals surface area contributed by atoms with Gasteiger partial charge in [-0.1, -0.05) is 0 Å². The minimum absolute atomic E-state index is 0.275. The SMILES string of the molecule is CC(NC(=O)C1CC(=O)N(CC(F)(F)F)C1)C(=O)N1CCOCC1. The van der Waals surface area contributed by atoms with E-state index in [2.05, 4.69) is 5.32 Å². The first-order valence-corrected chi connectivity index (χ1v) is 7.69. The maximum absolute atomic E-state index is 12.4. The van der Waals surface area contributed by atoms with Crippen molar-refractivity contribution in [3.8, 4) is 0 Å². The Hall–Kier alpha value is -1.84. The first kappa shape index (κ1) is 18.5. The molecule has 24 heavy (non-hydrogen) atoms. The van der Waals surface area contributed by atoms with Gasteiger partial charge in [-0.05, 0) is 6.92 Å². The van der Waals surface area contributed by atoms with Gasteiger partial charge < -0.3 is 19.9 Å². The predicted octanol–water partition coefficient (Wildman–Crippen LogP) is -0.239. The second-order valence-electron chi connectivity index (χ2n) is 5.96. The van der Waals surface area contributed by atoms with Crippen molar-refractivity contribution < 1.29 is 32.3 Å². The van der Waals surface area contributed by atoms with Gasteiger partial charge in [-0.3, -0.25) is 14.4 Å². The van der Waals surface area contributed by atoms with Crippen molar-refractivity contribution in [2.75, 3.05) is 39.4 Å². The van der Waals surface area contributed by atoms with Gasteiger partial charge in [0.2, 0.25) is 17.7 Å². The number of halogens is 3. The predicted molar refractivity (Wildman–Crippen MR) is 75.7 cm³/mol. The molecule has 0 radical (unpaired) electrons. The molecule has 0 aromatic carbocycles. The lowest BCUT2D eigenvalue weighted by Crippen LogP contribution is -2.51. The third kappa shape index (κ3) is 4.83. The Labute approximate surface area is 137 Å². The molecule has 0 saturated carbocycles. The van der Waals surface area contributed by atoms with Crippen LogP contribution in [0.2, 0.25) is 0 Å². The van der Waals surface area contributed by atoms with Crippen molar-refractivity contribution in [3.63, 3.8) is 0 Å². The second-order valence-corrected chi connectivity index (χ2v) is 5.96. The highest BCUT2D eigenvalue weighted by Gasteiger charge is 2.41. The van der Waals surface area contributed by atoms with Crippen LogP contribution < -0.4 is 5.32 Å². The highest BCUT2D eigenvalue weighted by molar-refractivity contribution is 5.92. The lowest BCUT2D eigenvalue weighted by Gasteiger charge is -2.29. The Bertz CT molecular complexity index is 506.